The van der Waals surface area contributed by atoms with Crippen LogP contribution in [0.1, 0.15) is 56.9 Å². The Kier molecular flexibility index (Phi) is 6.41. The maximum atomic E-state index is 12.6. The number of piperazine rings is 1. The first-order valence-electron chi connectivity index (χ1n) is 13.7. The molecule has 186 valence electrons. The molecule has 0 radical (unpaired) electrons. The summed E-state index contributed by atoms with van der Waals surface area (Å²) in [5.74, 6) is 3.39. The average molecular weight is 469 g/mol. The maximum absolute atomic E-state index is 12.6. The van der Waals surface area contributed by atoms with Crippen molar-refractivity contribution in [2.45, 2.75) is 63.8 Å². The molecule has 0 bridgehead atoms. The molecule has 1 aromatic heterocycles. The number of carbonyl (C=O) groups is 1. The van der Waals surface area contributed by atoms with Crippen molar-refractivity contribution >= 4 is 11.7 Å². The molecule has 2 saturated heterocycles. The van der Waals surface area contributed by atoms with E-state index in [9.17, 15) is 4.79 Å². The van der Waals surface area contributed by atoms with E-state index in [0.717, 1.165) is 82.7 Å². The molecule has 0 aromatic carbocycles. The van der Waals surface area contributed by atoms with Crippen molar-refractivity contribution in [3.05, 3.63) is 17.8 Å². The standard InChI is InChI=1S/C27H40N4O3/c32-26(22-5-16-33-17-6-22)29-23-19-27(23)8-1-20(2-9-27)4-11-30-12-14-31(15-13-30)25-24-21(3-10-28-25)7-18-34-24/h3,10,20,22-23H,1-2,4-9,11-19H2,(H,29,32). The number of nitrogens with zero attached hydrogens (tertiary/aromatic N) is 3. The summed E-state index contributed by atoms with van der Waals surface area (Å²) in [5.41, 5.74) is 1.73. The van der Waals surface area contributed by atoms with E-state index in [2.05, 4.69) is 26.2 Å². The van der Waals surface area contributed by atoms with Gasteiger partial charge in [0.05, 0.1) is 6.61 Å². The largest absolute Gasteiger partial charge is 0.489 e. The van der Waals surface area contributed by atoms with E-state index >= 15 is 0 Å². The first-order valence-corrected chi connectivity index (χ1v) is 13.7. The van der Waals surface area contributed by atoms with Gasteiger partial charge in [-0.2, -0.15) is 0 Å². The smallest absolute Gasteiger partial charge is 0.223 e. The molecule has 4 heterocycles. The summed E-state index contributed by atoms with van der Waals surface area (Å²) in [5, 5.41) is 3.39. The average Bonchev–Trinajstić information content (AvgIpc) is 3.30. The second-order valence-corrected chi connectivity index (χ2v) is 11.3. The molecule has 2 saturated carbocycles. The van der Waals surface area contributed by atoms with Crippen LogP contribution in [-0.4, -0.2) is 74.4 Å². The number of pyridine rings is 1. The molecule has 1 aromatic rings. The lowest BCUT2D eigenvalue weighted by Crippen LogP contribution is -2.47. The predicted molar refractivity (Wildman–Crippen MR) is 131 cm³/mol. The lowest BCUT2D eigenvalue weighted by atomic mass is 9.78. The quantitative estimate of drug-likeness (QED) is 0.692. The summed E-state index contributed by atoms with van der Waals surface area (Å²) in [6, 6.07) is 2.54. The number of carbonyl (C=O) groups excluding carboxylic acids is 1. The third kappa shape index (κ3) is 4.66. The SMILES string of the molecule is O=C(NC1CC12CCC(CCN1CCN(c3nccc4c3OCC4)CC1)CC2)C1CCOCC1. The van der Waals surface area contributed by atoms with E-state index in [4.69, 9.17) is 9.47 Å². The van der Waals surface area contributed by atoms with E-state index in [1.54, 1.807) is 0 Å². The Morgan fingerprint density at radius 1 is 1.09 bits per heavy atom. The molecule has 5 aliphatic rings. The summed E-state index contributed by atoms with van der Waals surface area (Å²) >= 11 is 0. The van der Waals surface area contributed by atoms with E-state index in [1.165, 1.54) is 50.6 Å². The van der Waals surface area contributed by atoms with E-state index in [1.807, 2.05) is 6.20 Å². The van der Waals surface area contributed by atoms with Crippen molar-refractivity contribution in [1.82, 2.24) is 15.2 Å². The number of ether oxygens (including phenoxy) is 2. The number of nitrogens with one attached hydrogen (secondary N) is 1. The Balaban J connectivity index is 0.906. The van der Waals surface area contributed by atoms with Gasteiger partial charge >= 0.3 is 0 Å². The van der Waals surface area contributed by atoms with Crippen LogP contribution in [0.2, 0.25) is 0 Å². The van der Waals surface area contributed by atoms with Gasteiger partial charge in [-0.05, 0) is 75.3 Å². The molecule has 1 atom stereocenters. The monoisotopic (exact) mass is 468 g/mol. The highest BCUT2D eigenvalue weighted by Gasteiger charge is 2.55. The lowest BCUT2D eigenvalue weighted by molar-refractivity contribution is -0.128. The Labute approximate surface area is 203 Å². The fourth-order valence-corrected chi connectivity index (χ4v) is 6.76. The Hall–Kier alpha value is -1.86. The van der Waals surface area contributed by atoms with E-state index in [-0.39, 0.29) is 11.8 Å². The van der Waals surface area contributed by atoms with E-state index < -0.39 is 0 Å². The Morgan fingerprint density at radius 3 is 2.68 bits per heavy atom. The highest BCUT2D eigenvalue weighted by molar-refractivity contribution is 5.79. The van der Waals surface area contributed by atoms with Crippen LogP contribution < -0.4 is 15.0 Å². The fourth-order valence-electron chi connectivity index (χ4n) is 6.76. The molecule has 1 unspecified atom stereocenters. The summed E-state index contributed by atoms with van der Waals surface area (Å²) in [6.45, 7) is 7.79. The minimum atomic E-state index is 0.175. The molecule has 4 fully saturated rings. The fraction of sp³-hybridized carbons (Fsp3) is 0.778. The predicted octanol–water partition coefficient (Wildman–Crippen LogP) is 3.02. The van der Waals surface area contributed by atoms with Gasteiger partial charge in [-0.15, -0.1) is 0 Å². The van der Waals surface area contributed by atoms with Crippen LogP contribution in [-0.2, 0) is 16.0 Å². The third-order valence-electron chi connectivity index (χ3n) is 9.31. The normalized spacial score (nSPS) is 31.8. The van der Waals surface area contributed by atoms with E-state index in [0.29, 0.717) is 11.5 Å². The molecule has 1 amide bonds. The van der Waals surface area contributed by atoms with Gasteiger partial charge < -0.3 is 19.7 Å². The zero-order valence-electron chi connectivity index (χ0n) is 20.5. The van der Waals surface area contributed by atoms with Crippen LogP contribution in [0.25, 0.3) is 0 Å². The van der Waals surface area contributed by atoms with Crippen LogP contribution in [0.3, 0.4) is 0 Å². The van der Waals surface area contributed by atoms with Crippen molar-refractivity contribution in [2.24, 2.45) is 17.3 Å². The first-order chi connectivity index (χ1) is 16.7. The maximum Gasteiger partial charge on any atom is 0.223 e. The van der Waals surface area contributed by atoms with Gasteiger partial charge in [0.1, 0.15) is 0 Å². The number of hydrogen-bond donors (Lipinski definition) is 1. The van der Waals surface area contributed by atoms with Gasteiger partial charge in [0.25, 0.3) is 0 Å². The molecule has 2 aliphatic carbocycles. The lowest BCUT2D eigenvalue weighted by Gasteiger charge is -2.37. The highest BCUT2D eigenvalue weighted by Crippen LogP contribution is 2.57. The van der Waals surface area contributed by atoms with Crippen molar-refractivity contribution < 1.29 is 14.3 Å². The second-order valence-electron chi connectivity index (χ2n) is 11.3. The number of aromatic nitrogens is 1. The number of rotatable bonds is 6. The van der Waals surface area contributed by atoms with Crippen molar-refractivity contribution in [1.29, 1.82) is 0 Å². The van der Waals surface area contributed by atoms with Crippen molar-refractivity contribution in [3.63, 3.8) is 0 Å². The summed E-state index contributed by atoms with van der Waals surface area (Å²) in [4.78, 5) is 22.3. The van der Waals surface area contributed by atoms with Crippen LogP contribution in [0, 0.1) is 17.3 Å². The van der Waals surface area contributed by atoms with Crippen LogP contribution in [0.5, 0.6) is 5.75 Å². The summed E-state index contributed by atoms with van der Waals surface area (Å²) < 4.78 is 11.3. The van der Waals surface area contributed by atoms with Gasteiger partial charge in [-0.3, -0.25) is 9.69 Å². The van der Waals surface area contributed by atoms with Gasteiger partial charge in [-0.1, -0.05) is 0 Å². The van der Waals surface area contributed by atoms with Crippen LogP contribution in [0.15, 0.2) is 12.3 Å². The minimum Gasteiger partial charge on any atom is -0.489 e. The van der Waals surface area contributed by atoms with Crippen LogP contribution in [0.4, 0.5) is 5.82 Å². The molecule has 7 heteroatoms. The zero-order valence-corrected chi connectivity index (χ0v) is 20.5. The first kappa shape index (κ1) is 22.6. The van der Waals surface area contributed by atoms with Gasteiger partial charge in [0.2, 0.25) is 5.91 Å². The highest BCUT2D eigenvalue weighted by atomic mass is 16.5. The molecular weight excluding hydrogens is 428 g/mol. The van der Waals surface area contributed by atoms with Crippen molar-refractivity contribution in [3.8, 4) is 5.75 Å². The molecule has 3 aliphatic heterocycles. The topological polar surface area (TPSA) is 66.9 Å². The van der Waals surface area contributed by atoms with Gasteiger partial charge in [-0.25, -0.2) is 4.98 Å². The third-order valence-corrected chi connectivity index (χ3v) is 9.31. The molecule has 6 rings (SSSR count). The second kappa shape index (κ2) is 9.65. The number of anilines is 1. The summed E-state index contributed by atoms with van der Waals surface area (Å²) in [7, 11) is 0. The Morgan fingerprint density at radius 2 is 1.88 bits per heavy atom. The number of hydrogen-bond acceptors (Lipinski definition) is 6. The van der Waals surface area contributed by atoms with Gasteiger partial charge in [0.15, 0.2) is 11.6 Å². The molecule has 1 N–H and O–H groups in total. The molecular formula is C27H40N4O3. The molecule has 1 spiro atoms. The zero-order chi connectivity index (χ0) is 23.0. The number of fused-ring (bicyclic) bond motifs is 1. The Bertz CT molecular complexity index is 871. The van der Waals surface area contributed by atoms with Crippen LogP contribution >= 0.6 is 0 Å². The van der Waals surface area contributed by atoms with Crippen molar-refractivity contribution in [2.75, 3.05) is 57.4 Å². The van der Waals surface area contributed by atoms with Gasteiger partial charge in [0, 0.05) is 69.5 Å². The number of amides is 1. The summed E-state index contributed by atoms with van der Waals surface area (Å²) in [6.07, 6.45) is 12.5. The minimum absolute atomic E-state index is 0.175. The molecule has 34 heavy (non-hydrogen) atoms. The molecule has 7 nitrogen and oxygen atoms in total.